The number of benzene rings is 1. The van der Waals surface area contributed by atoms with E-state index < -0.39 is 0 Å². The Kier molecular flexibility index (Phi) is 2.80. The van der Waals surface area contributed by atoms with Gasteiger partial charge in [-0.1, -0.05) is 19.9 Å². The summed E-state index contributed by atoms with van der Waals surface area (Å²) in [5.74, 6) is -0.0949. The van der Waals surface area contributed by atoms with Crippen LogP contribution < -0.4 is 5.32 Å². The van der Waals surface area contributed by atoms with Gasteiger partial charge in [0.25, 0.3) is 0 Å². The smallest absolute Gasteiger partial charge is 0.157 e. The van der Waals surface area contributed by atoms with Gasteiger partial charge in [0.1, 0.15) is 0 Å². The lowest BCUT2D eigenvalue weighted by molar-refractivity contribution is 0.369. The van der Waals surface area contributed by atoms with E-state index in [-0.39, 0.29) is 16.9 Å². The molecule has 1 aromatic carbocycles. The zero-order valence-corrected chi connectivity index (χ0v) is 9.83. The molecule has 1 heterocycles. The van der Waals surface area contributed by atoms with Crippen molar-refractivity contribution in [2.75, 3.05) is 6.54 Å². The van der Waals surface area contributed by atoms with E-state index in [9.17, 15) is 10.2 Å². The van der Waals surface area contributed by atoms with Crippen LogP contribution in [0.4, 0.5) is 0 Å². The molecule has 1 atom stereocenters. The van der Waals surface area contributed by atoms with Crippen molar-refractivity contribution in [3.8, 4) is 11.5 Å². The van der Waals surface area contributed by atoms with E-state index in [1.165, 1.54) is 6.42 Å². The summed E-state index contributed by atoms with van der Waals surface area (Å²) < 4.78 is 0. The topological polar surface area (TPSA) is 52.5 Å². The largest absolute Gasteiger partial charge is 0.504 e. The van der Waals surface area contributed by atoms with Crippen LogP contribution in [0.5, 0.6) is 11.5 Å². The third-order valence-electron chi connectivity index (χ3n) is 3.65. The second-order valence-electron chi connectivity index (χ2n) is 5.07. The van der Waals surface area contributed by atoms with Crippen molar-refractivity contribution in [1.82, 2.24) is 5.32 Å². The van der Waals surface area contributed by atoms with Crippen molar-refractivity contribution in [3.05, 3.63) is 23.8 Å². The summed E-state index contributed by atoms with van der Waals surface area (Å²) in [6, 6.07) is 5.54. The van der Waals surface area contributed by atoms with Crippen molar-refractivity contribution >= 4 is 0 Å². The van der Waals surface area contributed by atoms with Crippen LogP contribution in [0.3, 0.4) is 0 Å². The highest BCUT2D eigenvalue weighted by Crippen LogP contribution is 2.35. The third-order valence-corrected chi connectivity index (χ3v) is 3.65. The van der Waals surface area contributed by atoms with Crippen molar-refractivity contribution in [1.29, 1.82) is 0 Å². The van der Waals surface area contributed by atoms with Crippen molar-refractivity contribution < 1.29 is 10.2 Å². The summed E-state index contributed by atoms with van der Waals surface area (Å²) in [6.07, 6.45) is 2.37. The number of phenols is 2. The van der Waals surface area contributed by atoms with E-state index in [0.717, 1.165) is 18.5 Å². The Hall–Kier alpha value is -1.22. The number of phenolic OH excluding ortho intramolecular Hbond substituents is 2. The van der Waals surface area contributed by atoms with Crippen LogP contribution in [0.1, 0.15) is 32.3 Å². The Bertz CT molecular complexity index is 382. The van der Waals surface area contributed by atoms with Gasteiger partial charge in [-0.2, -0.15) is 0 Å². The van der Waals surface area contributed by atoms with Crippen LogP contribution in [0.15, 0.2) is 18.2 Å². The van der Waals surface area contributed by atoms with Gasteiger partial charge in [0.15, 0.2) is 11.5 Å². The summed E-state index contributed by atoms with van der Waals surface area (Å²) in [6.45, 7) is 5.40. The molecule has 1 saturated heterocycles. The number of hydrogen-bond donors (Lipinski definition) is 3. The quantitative estimate of drug-likeness (QED) is 0.670. The van der Waals surface area contributed by atoms with Gasteiger partial charge in [0.2, 0.25) is 0 Å². The van der Waals surface area contributed by atoms with Crippen molar-refractivity contribution in [2.24, 2.45) is 0 Å². The van der Waals surface area contributed by atoms with Crippen LogP contribution in [-0.2, 0) is 5.41 Å². The summed E-state index contributed by atoms with van der Waals surface area (Å²) in [4.78, 5) is 0. The SMILES string of the molecule is CC(C)(c1ccc(O)c(O)c1)C1CCCN1. The average molecular weight is 221 g/mol. The maximum atomic E-state index is 9.54. The first-order chi connectivity index (χ1) is 7.51. The predicted octanol–water partition coefficient (Wildman–Crippen LogP) is 2.13. The molecule has 1 aliphatic heterocycles. The average Bonchev–Trinajstić information content (AvgIpc) is 2.75. The maximum absolute atomic E-state index is 9.54. The molecular weight excluding hydrogens is 202 g/mol. The van der Waals surface area contributed by atoms with E-state index in [2.05, 4.69) is 19.2 Å². The first kappa shape index (κ1) is 11.3. The van der Waals surface area contributed by atoms with E-state index in [0.29, 0.717) is 6.04 Å². The maximum Gasteiger partial charge on any atom is 0.157 e. The fourth-order valence-corrected chi connectivity index (χ4v) is 2.43. The Labute approximate surface area is 96.1 Å². The van der Waals surface area contributed by atoms with Gasteiger partial charge in [-0.3, -0.25) is 0 Å². The highest BCUT2D eigenvalue weighted by atomic mass is 16.3. The van der Waals surface area contributed by atoms with Crippen LogP contribution >= 0.6 is 0 Å². The molecule has 1 unspecified atom stereocenters. The molecular formula is C13H19NO2. The molecule has 3 heteroatoms. The number of aromatic hydroxyl groups is 2. The molecule has 16 heavy (non-hydrogen) atoms. The molecule has 0 radical (unpaired) electrons. The first-order valence-corrected chi connectivity index (χ1v) is 5.77. The van der Waals surface area contributed by atoms with Crippen LogP contribution in [0.2, 0.25) is 0 Å². The highest BCUT2D eigenvalue weighted by molar-refractivity contribution is 5.43. The Morgan fingerprint density at radius 3 is 2.56 bits per heavy atom. The molecule has 1 fully saturated rings. The van der Waals surface area contributed by atoms with Gasteiger partial charge >= 0.3 is 0 Å². The molecule has 0 spiro atoms. The fourth-order valence-electron chi connectivity index (χ4n) is 2.43. The standard InChI is InChI=1S/C13H19NO2/c1-13(2,12-4-3-7-14-12)9-5-6-10(15)11(16)8-9/h5-6,8,12,14-16H,3-4,7H2,1-2H3. The summed E-state index contributed by atoms with van der Waals surface area (Å²) in [5.41, 5.74) is 1.03. The monoisotopic (exact) mass is 221 g/mol. The number of rotatable bonds is 2. The Balaban J connectivity index is 2.30. The summed E-state index contributed by atoms with van der Waals surface area (Å²) in [7, 11) is 0. The lowest BCUT2D eigenvalue weighted by Crippen LogP contribution is -2.40. The lowest BCUT2D eigenvalue weighted by Gasteiger charge is -2.32. The summed E-state index contributed by atoms with van der Waals surface area (Å²) >= 11 is 0. The second kappa shape index (κ2) is 3.98. The summed E-state index contributed by atoms with van der Waals surface area (Å²) in [5, 5.41) is 22.3. The van der Waals surface area contributed by atoms with Gasteiger partial charge in [-0.15, -0.1) is 0 Å². The molecule has 1 aromatic rings. The Morgan fingerprint density at radius 2 is 2.00 bits per heavy atom. The van der Waals surface area contributed by atoms with Gasteiger partial charge in [0, 0.05) is 11.5 Å². The molecule has 88 valence electrons. The van der Waals surface area contributed by atoms with Gasteiger partial charge in [-0.05, 0) is 37.1 Å². The van der Waals surface area contributed by atoms with Crippen molar-refractivity contribution in [3.63, 3.8) is 0 Å². The minimum absolute atomic E-state index is 0.0261. The Morgan fingerprint density at radius 1 is 1.25 bits per heavy atom. The molecule has 1 aliphatic rings. The third kappa shape index (κ3) is 1.87. The van der Waals surface area contributed by atoms with Crippen LogP contribution in [0.25, 0.3) is 0 Å². The normalized spacial score (nSPS) is 21.2. The zero-order chi connectivity index (χ0) is 11.8. The molecule has 0 amide bonds. The second-order valence-corrected chi connectivity index (χ2v) is 5.07. The van der Waals surface area contributed by atoms with E-state index >= 15 is 0 Å². The van der Waals surface area contributed by atoms with E-state index in [1.807, 2.05) is 6.07 Å². The van der Waals surface area contributed by atoms with Crippen molar-refractivity contribution in [2.45, 2.75) is 38.1 Å². The van der Waals surface area contributed by atoms with Crippen LogP contribution in [-0.4, -0.2) is 22.8 Å². The molecule has 3 nitrogen and oxygen atoms in total. The zero-order valence-electron chi connectivity index (χ0n) is 9.83. The van der Waals surface area contributed by atoms with Gasteiger partial charge < -0.3 is 15.5 Å². The lowest BCUT2D eigenvalue weighted by atomic mass is 9.77. The molecule has 0 bridgehead atoms. The molecule has 0 aromatic heterocycles. The fraction of sp³-hybridized carbons (Fsp3) is 0.538. The highest BCUT2D eigenvalue weighted by Gasteiger charge is 2.33. The number of nitrogens with one attached hydrogen (secondary N) is 1. The van der Waals surface area contributed by atoms with E-state index in [1.54, 1.807) is 12.1 Å². The minimum Gasteiger partial charge on any atom is -0.504 e. The molecule has 0 aliphatic carbocycles. The first-order valence-electron chi connectivity index (χ1n) is 5.77. The van der Waals surface area contributed by atoms with Gasteiger partial charge in [-0.25, -0.2) is 0 Å². The van der Waals surface area contributed by atoms with E-state index in [4.69, 9.17) is 0 Å². The predicted molar refractivity (Wildman–Crippen MR) is 63.8 cm³/mol. The van der Waals surface area contributed by atoms with Crippen LogP contribution in [0, 0.1) is 0 Å². The molecule has 2 rings (SSSR count). The number of hydrogen-bond acceptors (Lipinski definition) is 3. The molecule has 3 N–H and O–H groups in total. The molecule has 0 saturated carbocycles. The van der Waals surface area contributed by atoms with Gasteiger partial charge in [0.05, 0.1) is 0 Å². The minimum atomic E-state index is -0.0565.